The van der Waals surface area contributed by atoms with E-state index in [2.05, 4.69) is 10.5 Å². The van der Waals surface area contributed by atoms with Gasteiger partial charge in [-0.2, -0.15) is 5.10 Å². The zero-order valence-corrected chi connectivity index (χ0v) is 15.2. The first-order valence-corrected chi connectivity index (χ1v) is 8.55. The third kappa shape index (κ3) is 3.53. The van der Waals surface area contributed by atoms with Gasteiger partial charge in [-0.05, 0) is 29.0 Å². The van der Waals surface area contributed by atoms with Gasteiger partial charge in [0.15, 0.2) is 11.5 Å². The lowest BCUT2D eigenvalue weighted by Crippen LogP contribution is -2.18. The average molecular weight is 393 g/mol. The molecule has 1 amide bonds. The van der Waals surface area contributed by atoms with Crippen LogP contribution in [0.5, 0.6) is 17.2 Å². The van der Waals surface area contributed by atoms with Crippen molar-refractivity contribution in [1.29, 1.82) is 0 Å². The SMILES string of the molecule is COc1cc2ccccc2cc1C(=O)NN=Cc1cc2c(cc1[N+](=O)[O-])OCO2. The van der Waals surface area contributed by atoms with E-state index in [1.807, 2.05) is 24.3 Å². The van der Waals surface area contributed by atoms with Gasteiger partial charge in [0.25, 0.3) is 11.6 Å². The Kier molecular flexibility index (Phi) is 4.70. The Bertz CT molecular complexity index is 1160. The van der Waals surface area contributed by atoms with E-state index in [1.54, 1.807) is 12.1 Å². The molecule has 3 aromatic rings. The molecule has 0 radical (unpaired) electrons. The second kappa shape index (κ2) is 7.47. The molecule has 3 aromatic carbocycles. The Hall–Kier alpha value is -4.14. The number of methoxy groups -OCH3 is 1. The molecule has 1 aliphatic rings. The molecule has 0 atom stereocenters. The molecule has 9 nitrogen and oxygen atoms in total. The van der Waals surface area contributed by atoms with Gasteiger partial charge in [0.05, 0.1) is 35.4 Å². The lowest BCUT2D eigenvalue weighted by atomic mass is 10.1. The van der Waals surface area contributed by atoms with E-state index in [0.717, 1.165) is 10.8 Å². The van der Waals surface area contributed by atoms with Gasteiger partial charge in [0.2, 0.25) is 6.79 Å². The van der Waals surface area contributed by atoms with Gasteiger partial charge in [-0.15, -0.1) is 0 Å². The lowest BCUT2D eigenvalue weighted by molar-refractivity contribution is -0.385. The molecular formula is C20H15N3O6. The number of amides is 1. The highest BCUT2D eigenvalue weighted by atomic mass is 16.7. The molecule has 0 aliphatic carbocycles. The number of carbonyl (C=O) groups excluding carboxylic acids is 1. The van der Waals surface area contributed by atoms with E-state index in [1.165, 1.54) is 25.5 Å². The normalized spacial score (nSPS) is 12.3. The van der Waals surface area contributed by atoms with Gasteiger partial charge in [0, 0.05) is 0 Å². The van der Waals surface area contributed by atoms with E-state index >= 15 is 0 Å². The molecule has 0 unspecified atom stereocenters. The summed E-state index contributed by atoms with van der Waals surface area (Å²) < 4.78 is 15.7. The molecule has 0 saturated heterocycles. The predicted octanol–water partition coefficient (Wildman–Crippen LogP) is 3.25. The van der Waals surface area contributed by atoms with Crippen molar-refractivity contribution in [3.8, 4) is 17.2 Å². The molecule has 1 N–H and O–H groups in total. The van der Waals surface area contributed by atoms with Crippen molar-refractivity contribution in [2.24, 2.45) is 5.10 Å². The van der Waals surface area contributed by atoms with Gasteiger partial charge in [-0.25, -0.2) is 5.43 Å². The maximum Gasteiger partial charge on any atom is 0.282 e. The summed E-state index contributed by atoms with van der Waals surface area (Å²) in [6.07, 6.45) is 1.19. The second-order valence-electron chi connectivity index (χ2n) is 6.12. The summed E-state index contributed by atoms with van der Waals surface area (Å²) >= 11 is 0. The largest absolute Gasteiger partial charge is 0.496 e. The monoisotopic (exact) mass is 393 g/mol. The number of nitro benzene ring substituents is 1. The molecule has 0 aromatic heterocycles. The molecule has 4 rings (SSSR count). The van der Waals surface area contributed by atoms with Crippen molar-refractivity contribution < 1.29 is 23.9 Å². The Balaban J connectivity index is 1.60. The highest BCUT2D eigenvalue weighted by Gasteiger charge is 2.22. The molecule has 29 heavy (non-hydrogen) atoms. The van der Waals surface area contributed by atoms with E-state index < -0.39 is 10.8 Å². The first-order valence-electron chi connectivity index (χ1n) is 8.55. The standard InChI is InChI=1S/C20H15N3O6/c1-27-17-7-13-5-3-2-4-12(13)6-15(17)20(24)22-21-10-14-8-18-19(29-11-28-18)9-16(14)23(25)26/h2-10H,11H2,1H3,(H,22,24). The van der Waals surface area contributed by atoms with E-state index in [-0.39, 0.29) is 18.0 Å². The van der Waals surface area contributed by atoms with E-state index in [0.29, 0.717) is 22.8 Å². The second-order valence-corrected chi connectivity index (χ2v) is 6.12. The third-order valence-electron chi connectivity index (χ3n) is 4.40. The predicted molar refractivity (Wildman–Crippen MR) is 105 cm³/mol. The maximum atomic E-state index is 12.6. The van der Waals surface area contributed by atoms with Crippen LogP contribution in [0.3, 0.4) is 0 Å². The highest BCUT2D eigenvalue weighted by molar-refractivity contribution is 6.02. The Morgan fingerprint density at radius 1 is 1.17 bits per heavy atom. The van der Waals surface area contributed by atoms with Gasteiger partial charge in [0.1, 0.15) is 5.75 Å². The van der Waals surface area contributed by atoms with Crippen LogP contribution in [0, 0.1) is 10.1 Å². The summed E-state index contributed by atoms with van der Waals surface area (Å²) in [6.45, 7) is -0.00836. The number of hydrogen-bond acceptors (Lipinski definition) is 7. The summed E-state index contributed by atoms with van der Waals surface area (Å²) in [5.41, 5.74) is 2.63. The molecular weight excluding hydrogens is 378 g/mol. The smallest absolute Gasteiger partial charge is 0.282 e. The van der Waals surface area contributed by atoms with Crippen molar-refractivity contribution >= 4 is 28.6 Å². The molecule has 0 fully saturated rings. The fourth-order valence-corrected chi connectivity index (χ4v) is 2.99. The number of benzene rings is 3. The number of hydrogen-bond donors (Lipinski definition) is 1. The molecule has 1 heterocycles. The van der Waals surface area contributed by atoms with Gasteiger partial charge in [-0.3, -0.25) is 14.9 Å². The van der Waals surface area contributed by atoms with Crippen molar-refractivity contribution in [3.63, 3.8) is 0 Å². The molecule has 0 bridgehead atoms. The van der Waals surface area contributed by atoms with Crippen molar-refractivity contribution in [2.45, 2.75) is 0 Å². The minimum absolute atomic E-state index is 0.00836. The summed E-state index contributed by atoms with van der Waals surface area (Å²) in [6, 6.07) is 13.7. The first-order chi connectivity index (χ1) is 14.1. The van der Waals surface area contributed by atoms with Gasteiger partial charge < -0.3 is 14.2 Å². The van der Waals surface area contributed by atoms with Gasteiger partial charge in [-0.1, -0.05) is 24.3 Å². The van der Waals surface area contributed by atoms with Crippen LogP contribution in [0.25, 0.3) is 10.8 Å². The molecule has 0 saturated carbocycles. The number of hydrazone groups is 1. The number of ether oxygens (including phenoxy) is 3. The fraction of sp³-hybridized carbons (Fsp3) is 0.100. The number of nitrogens with zero attached hydrogens (tertiary/aromatic N) is 2. The highest BCUT2D eigenvalue weighted by Crippen LogP contribution is 2.37. The molecule has 9 heteroatoms. The summed E-state index contributed by atoms with van der Waals surface area (Å²) in [5, 5.41) is 17.0. The van der Waals surface area contributed by atoms with Crippen LogP contribution in [0.2, 0.25) is 0 Å². The van der Waals surface area contributed by atoms with Crippen LogP contribution in [0.1, 0.15) is 15.9 Å². The number of carbonyl (C=O) groups is 1. The van der Waals surface area contributed by atoms with E-state index in [4.69, 9.17) is 14.2 Å². The van der Waals surface area contributed by atoms with E-state index in [9.17, 15) is 14.9 Å². The van der Waals surface area contributed by atoms with Crippen LogP contribution < -0.4 is 19.6 Å². The lowest BCUT2D eigenvalue weighted by Gasteiger charge is -2.09. The van der Waals surface area contributed by atoms with Crippen LogP contribution in [0.15, 0.2) is 53.6 Å². The minimum atomic E-state index is -0.558. The topological polar surface area (TPSA) is 112 Å². The Labute approximate surface area is 164 Å². The Morgan fingerprint density at radius 2 is 1.86 bits per heavy atom. The summed E-state index contributed by atoms with van der Waals surface area (Å²) in [7, 11) is 1.47. The van der Waals surface area contributed by atoms with Crippen LogP contribution in [-0.2, 0) is 0 Å². The number of fused-ring (bicyclic) bond motifs is 2. The van der Waals surface area contributed by atoms with Crippen LogP contribution in [-0.4, -0.2) is 30.9 Å². The number of nitro groups is 1. The number of nitrogens with one attached hydrogen (secondary N) is 1. The summed E-state index contributed by atoms with van der Waals surface area (Å²) in [4.78, 5) is 23.3. The van der Waals surface area contributed by atoms with Gasteiger partial charge >= 0.3 is 0 Å². The maximum absolute atomic E-state index is 12.6. The number of rotatable bonds is 5. The molecule has 146 valence electrons. The zero-order chi connectivity index (χ0) is 20.4. The first kappa shape index (κ1) is 18.2. The van der Waals surface area contributed by atoms with Crippen molar-refractivity contribution in [3.05, 3.63) is 69.8 Å². The summed E-state index contributed by atoms with van der Waals surface area (Å²) in [5.74, 6) is 0.552. The van der Waals surface area contributed by atoms with Crippen LogP contribution in [0.4, 0.5) is 5.69 Å². The average Bonchev–Trinajstić information content (AvgIpc) is 3.19. The van der Waals surface area contributed by atoms with Crippen molar-refractivity contribution in [2.75, 3.05) is 13.9 Å². The van der Waals surface area contributed by atoms with Crippen LogP contribution >= 0.6 is 0 Å². The molecule has 1 aliphatic heterocycles. The molecule has 0 spiro atoms. The Morgan fingerprint density at radius 3 is 2.55 bits per heavy atom. The minimum Gasteiger partial charge on any atom is -0.496 e. The zero-order valence-electron chi connectivity index (χ0n) is 15.2. The fourth-order valence-electron chi connectivity index (χ4n) is 2.99. The third-order valence-corrected chi connectivity index (χ3v) is 4.40. The quantitative estimate of drug-likeness (QED) is 0.405. The van der Waals surface area contributed by atoms with Crippen molar-refractivity contribution in [1.82, 2.24) is 5.43 Å².